The molecule has 1 atom stereocenters. The number of hydrogen-bond acceptors (Lipinski definition) is 2. The van der Waals surface area contributed by atoms with E-state index >= 15 is 0 Å². The molecule has 33 heavy (non-hydrogen) atoms. The lowest BCUT2D eigenvalue weighted by Crippen LogP contribution is -2.50. The zero-order valence-corrected chi connectivity index (χ0v) is 20.8. The number of benzene rings is 3. The molecule has 0 saturated heterocycles. The number of halogens is 4. The third-order valence-corrected chi connectivity index (χ3v) is 6.56. The van der Waals surface area contributed by atoms with Crippen LogP contribution in [-0.2, 0) is 29.0 Å². The SMILES string of the molecule is CNC(=O)C(Cc1ccccc1)N(Cc1c(Cl)cccc1Cl)C(=O)Cc1ccc(Cl)cc1Cl. The highest BCUT2D eigenvalue weighted by Gasteiger charge is 2.31. The van der Waals surface area contributed by atoms with E-state index < -0.39 is 6.04 Å². The van der Waals surface area contributed by atoms with Gasteiger partial charge in [-0.25, -0.2) is 0 Å². The first-order chi connectivity index (χ1) is 15.8. The van der Waals surface area contributed by atoms with E-state index in [0.717, 1.165) is 5.56 Å². The Morgan fingerprint density at radius 2 is 1.55 bits per heavy atom. The van der Waals surface area contributed by atoms with Gasteiger partial charge in [0.25, 0.3) is 0 Å². The van der Waals surface area contributed by atoms with Crippen molar-refractivity contribution in [3.63, 3.8) is 0 Å². The highest BCUT2D eigenvalue weighted by atomic mass is 35.5. The Balaban J connectivity index is 2.01. The van der Waals surface area contributed by atoms with E-state index in [-0.39, 0.29) is 24.8 Å². The minimum atomic E-state index is -0.789. The van der Waals surface area contributed by atoms with Gasteiger partial charge >= 0.3 is 0 Å². The van der Waals surface area contributed by atoms with Crippen molar-refractivity contribution < 1.29 is 9.59 Å². The van der Waals surface area contributed by atoms with E-state index in [2.05, 4.69) is 5.32 Å². The smallest absolute Gasteiger partial charge is 0.242 e. The van der Waals surface area contributed by atoms with Gasteiger partial charge in [-0.3, -0.25) is 9.59 Å². The van der Waals surface area contributed by atoms with E-state index in [9.17, 15) is 9.59 Å². The van der Waals surface area contributed by atoms with Crippen LogP contribution in [0.5, 0.6) is 0 Å². The minimum Gasteiger partial charge on any atom is -0.357 e. The highest BCUT2D eigenvalue weighted by Crippen LogP contribution is 2.28. The van der Waals surface area contributed by atoms with Gasteiger partial charge in [-0.2, -0.15) is 0 Å². The zero-order chi connectivity index (χ0) is 24.0. The van der Waals surface area contributed by atoms with E-state index in [0.29, 0.717) is 37.6 Å². The maximum atomic E-state index is 13.6. The second-order valence-electron chi connectivity index (χ2n) is 7.45. The molecule has 0 bridgehead atoms. The average molecular weight is 524 g/mol. The van der Waals surface area contributed by atoms with Crippen molar-refractivity contribution in [2.24, 2.45) is 0 Å². The third-order valence-electron chi connectivity index (χ3n) is 5.26. The molecule has 0 aliphatic rings. The molecule has 2 amide bonds. The summed E-state index contributed by atoms with van der Waals surface area (Å²) < 4.78 is 0. The van der Waals surface area contributed by atoms with Crippen molar-refractivity contribution in [3.05, 3.63) is 104 Å². The van der Waals surface area contributed by atoms with E-state index in [1.807, 2.05) is 30.3 Å². The minimum absolute atomic E-state index is 0.0135. The van der Waals surface area contributed by atoms with Crippen molar-refractivity contribution in [1.29, 1.82) is 0 Å². The number of nitrogens with zero attached hydrogens (tertiary/aromatic N) is 1. The van der Waals surface area contributed by atoms with E-state index in [1.54, 1.807) is 43.4 Å². The Morgan fingerprint density at radius 3 is 2.15 bits per heavy atom. The summed E-state index contributed by atoms with van der Waals surface area (Å²) in [5, 5.41) is 4.37. The summed E-state index contributed by atoms with van der Waals surface area (Å²) in [4.78, 5) is 28.1. The van der Waals surface area contributed by atoms with Gasteiger partial charge in [-0.05, 0) is 35.4 Å². The number of hydrogen-bond donors (Lipinski definition) is 1. The predicted molar refractivity (Wildman–Crippen MR) is 135 cm³/mol. The lowest BCUT2D eigenvalue weighted by atomic mass is 10.0. The van der Waals surface area contributed by atoms with Crippen LogP contribution < -0.4 is 5.32 Å². The van der Waals surface area contributed by atoms with Gasteiger partial charge in [0, 0.05) is 45.7 Å². The first kappa shape index (κ1) is 25.4. The van der Waals surface area contributed by atoms with Gasteiger partial charge in [0.2, 0.25) is 11.8 Å². The third kappa shape index (κ3) is 6.64. The maximum absolute atomic E-state index is 13.6. The van der Waals surface area contributed by atoms with Crippen LogP contribution in [0.25, 0.3) is 0 Å². The molecule has 3 aromatic carbocycles. The fraction of sp³-hybridized carbons (Fsp3) is 0.200. The van der Waals surface area contributed by atoms with Crippen molar-refractivity contribution in [2.75, 3.05) is 7.05 Å². The number of carbonyl (C=O) groups excluding carboxylic acids is 2. The van der Waals surface area contributed by atoms with Crippen LogP contribution >= 0.6 is 46.4 Å². The molecule has 1 N–H and O–H groups in total. The predicted octanol–water partition coefficient (Wildman–Crippen LogP) is 6.23. The largest absolute Gasteiger partial charge is 0.357 e. The normalized spacial score (nSPS) is 11.7. The Hall–Kier alpha value is -2.24. The Bertz CT molecular complexity index is 1120. The van der Waals surface area contributed by atoms with E-state index in [1.165, 1.54) is 4.90 Å². The second-order valence-corrected chi connectivity index (χ2v) is 9.11. The maximum Gasteiger partial charge on any atom is 0.242 e. The van der Waals surface area contributed by atoms with Crippen LogP contribution in [0.3, 0.4) is 0 Å². The molecular weight excluding hydrogens is 502 g/mol. The number of rotatable bonds is 8. The molecule has 0 heterocycles. The van der Waals surface area contributed by atoms with Gasteiger partial charge < -0.3 is 10.2 Å². The fourth-order valence-corrected chi connectivity index (χ4v) is 4.50. The standard InChI is InChI=1S/C25H22Cl4N2O2/c1-30-25(33)23(12-16-6-3-2-4-7-16)31(15-19-20(27)8-5-9-21(19)28)24(32)13-17-10-11-18(26)14-22(17)29/h2-11,14,23H,12-13,15H2,1H3,(H,30,33). The molecule has 0 aromatic heterocycles. The van der Waals surface area contributed by atoms with Gasteiger partial charge in [0.1, 0.15) is 6.04 Å². The van der Waals surface area contributed by atoms with Crippen LogP contribution in [0.15, 0.2) is 66.7 Å². The quantitative estimate of drug-likeness (QED) is 0.380. The van der Waals surface area contributed by atoms with Gasteiger partial charge in [0.15, 0.2) is 0 Å². The number of likely N-dealkylation sites (N-methyl/N-ethyl adjacent to an activating group) is 1. The molecule has 0 aliphatic carbocycles. The van der Waals surface area contributed by atoms with Crippen LogP contribution in [0.2, 0.25) is 20.1 Å². The van der Waals surface area contributed by atoms with Crippen LogP contribution in [-0.4, -0.2) is 29.8 Å². The molecule has 0 fully saturated rings. The van der Waals surface area contributed by atoms with E-state index in [4.69, 9.17) is 46.4 Å². The molecule has 0 spiro atoms. The molecule has 3 aromatic rings. The Labute approximate surface area is 213 Å². The molecular formula is C25H22Cl4N2O2. The number of carbonyl (C=O) groups is 2. The van der Waals surface area contributed by atoms with Crippen molar-refractivity contribution >= 4 is 58.2 Å². The highest BCUT2D eigenvalue weighted by molar-refractivity contribution is 6.36. The summed E-state index contributed by atoms with van der Waals surface area (Å²) in [5.74, 6) is -0.586. The zero-order valence-electron chi connectivity index (χ0n) is 17.8. The molecule has 8 heteroatoms. The lowest BCUT2D eigenvalue weighted by Gasteiger charge is -2.32. The molecule has 3 rings (SSSR count). The second kappa shape index (κ2) is 11.8. The summed E-state index contributed by atoms with van der Waals surface area (Å²) in [7, 11) is 1.54. The molecule has 0 aliphatic heterocycles. The molecule has 0 radical (unpaired) electrons. The van der Waals surface area contributed by atoms with Crippen molar-refractivity contribution in [2.45, 2.75) is 25.4 Å². The molecule has 4 nitrogen and oxygen atoms in total. The first-order valence-corrected chi connectivity index (χ1v) is 11.7. The van der Waals surface area contributed by atoms with Crippen molar-refractivity contribution in [3.8, 4) is 0 Å². The first-order valence-electron chi connectivity index (χ1n) is 10.2. The lowest BCUT2D eigenvalue weighted by molar-refractivity contribution is -0.140. The summed E-state index contributed by atoms with van der Waals surface area (Å²) in [6.07, 6.45) is 0.309. The van der Waals surface area contributed by atoms with Crippen LogP contribution in [0.4, 0.5) is 0 Å². The van der Waals surface area contributed by atoms with Gasteiger partial charge in [-0.1, -0.05) is 88.9 Å². The Kier molecular flexibility index (Phi) is 9.04. The van der Waals surface area contributed by atoms with Crippen molar-refractivity contribution in [1.82, 2.24) is 10.2 Å². The number of amides is 2. The average Bonchev–Trinajstić information content (AvgIpc) is 2.79. The van der Waals surface area contributed by atoms with Crippen LogP contribution in [0.1, 0.15) is 16.7 Å². The number of nitrogens with one attached hydrogen (secondary N) is 1. The fourth-order valence-electron chi connectivity index (χ4n) is 3.50. The molecule has 172 valence electrons. The molecule has 1 unspecified atom stereocenters. The summed E-state index contributed by atoms with van der Waals surface area (Å²) in [6.45, 7) is 0.0630. The summed E-state index contributed by atoms with van der Waals surface area (Å²) in [6, 6.07) is 18.8. The van der Waals surface area contributed by atoms with Crippen LogP contribution in [0, 0.1) is 0 Å². The summed E-state index contributed by atoms with van der Waals surface area (Å²) in [5.41, 5.74) is 2.09. The molecule has 0 saturated carbocycles. The topological polar surface area (TPSA) is 49.4 Å². The van der Waals surface area contributed by atoms with Gasteiger partial charge in [-0.15, -0.1) is 0 Å². The Morgan fingerprint density at radius 1 is 0.879 bits per heavy atom. The summed E-state index contributed by atoms with van der Waals surface area (Å²) >= 11 is 25.1. The van der Waals surface area contributed by atoms with Gasteiger partial charge in [0.05, 0.1) is 6.42 Å². The monoisotopic (exact) mass is 522 g/mol.